The lowest BCUT2D eigenvalue weighted by Crippen LogP contribution is -2.39. The number of fused-ring (bicyclic) bond motifs is 2. The molecule has 1 atom stereocenters. The first kappa shape index (κ1) is 27.1. The average Bonchev–Trinajstić information content (AvgIpc) is 3.03. The van der Waals surface area contributed by atoms with Crippen molar-refractivity contribution in [3.63, 3.8) is 0 Å². The highest BCUT2D eigenvalue weighted by Crippen LogP contribution is 2.42. The number of halogens is 1. The summed E-state index contributed by atoms with van der Waals surface area (Å²) in [6, 6.07) is 5.76. The van der Waals surface area contributed by atoms with E-state index < -0.39 is 0 Å². The molecule has 1 unspecified atom stereocenters. The lowest BCUT2D eigenvalue weighted by molar-refractivity contribution is 0.104. The number of hydrogen-bond donors (Lipinski definition) is 4. The summed E-state index contributed by atoms with van der Waals surface area (Å²) in [7, 11) is 0. The molecule has 5 N–H and O–H groups in total. The van der Waals surface area contributed by atoms with Crippen LogP contribution in [0.2, 0.25) is 0 Å². The summed E-state index contributed by atoms with van der Waals surface area (Å²) in [6.45, 7) is 8.99. The van der Waals surface area contributed by atoms with Crippen molar-refractivity contribution in [2.45, 2.75) is 58.9 Å². The molecule has 192 valence electrons. The van der Waals surface area contributed by atoms with Gasteiger partial charge in [0.1, 0.15) is 5.75 Å². The van der Waals surface area contributed by atoms with E-state index in [1.165, 1.54) is 22.3 Å². The topological polar surface area (TPSA) is 99.8 Å². The van der Waals surface area contributed by atoms with E-state index >= 15 is 0 Å². The van der Waals surface area contributed by atoms with Crippen LogP contribution in [0, 0.1) is 0 Å². The summed E-state index contributed by atoms with van der Waals surface area (Å²) >= 11 is 3.73. The second kappa shape index (κ2) is 13.0. The van der Waals surface area contributed by atoms with Crippen LogP contribution in [0.1, 0.15) is 57.6 Å². The van der Waals surface area contributed by atoms with E-state index in [1.807, 2.05) is 39.1 Å². The molecule has 0 spiro atoms. The summed E-state index contributed by atoms with van der Waals surface area (Å²) < 4.78 is 6.22. The van der Waals surface area contributed by atoms with E-state index in [2.05, 4.69) is 26.6 Å². The Hall–Kier alpha value is -2.45. The zero-order valence-corrected chi connectivity index (χ0v) is 22.7. The summed E-state index contributed by atoms with van der Waals surface area (Å²) in [4.78, 5) is 14.0. The lowest BCUT2D eigenvalue weighted by atomic mass is 9.84. The molecule has 0 saturated carbocycles. The van der Waals surface area contributed by atoms with Crippen molar-refractivity contribution in [2.75, 3.05) is 32.8 Å². The molecule has 35 heavy (non-hydrogen) atoms. The fourth-order valence-corrected chi connectivity index (χ4v) is 5.51. The van der Waals surface area contributed by atoms with E-state index in [9.17, 15) is 9.90 Å². The zero-order chi connectivity index (χ0) is 25.4. The summed E-state index contributed by atoms with van der Waals surface area (Å²) in [6.07, 6.45) is 6.04. The molecular formula is C27H39BrN4O3. The third kappa shape index (κ3) is 6.22. The maximum Gasteiger partial charge on any atom is 0.409 e. The maximum atomic E-state index is 12.2. The van der Waals surface area contributed by atoms with Gasteiger partial charge in [-0.15, -0.1) is 0 Å². The van der Waals surface area contributed by atoms with E-state index in [0.29, 0.717) is 32.0 Å². The van der Waals surface area contributed by atoms with E-state index in [-0.39, 0.29) is 12.1 Å². The Labute approximate surface area is 217 Å². The van der Waals surface area contributed by atoms with Gasteiger partial charge in [0.05, 0.1) is 22.8 Å². The molecule has 1 aromatic rings. The molecular weight excluding hydrogens is 508 g/mol. The van der Waals surface area contributed by atoms with Gasteiger partial charge in [-0.25, -0.2) is 4.79 Å². The number of carbonyl (C=O) groups excluding carboxylic acids is 1. The quantitative estimate of drug-likeness (QED) is 0.397. The van der Waals surface area contributed by atoms with Gasteiger partial charge in [0.15, 0.2) is 0 Å². The molecule has 8 heteroatoms. The Morgan fingerprint density at radius 3 is 2.69 bits per heavy atom. The Morgan fingerprint density at radius 1 is 1.26 bits per heavy atom. The van der Waals surface area contributed by atoms with Crippen LogP contribution >= 0.6 is 15.9 Å². The molecule has 1 fully saturated rings. The molecule has 0 aromatic heterocycles. The number of piperidine rings is 1. The van der Waals surface area contributed by atoms with Crippen molar-refractivity contribution >= 4 is 27.6 Å². The largest absolute Gasteiger partial charge is 0.508 e. The Morgan fingerprint density at radius 2 is 2.00 bits per heavy atom. The number of carbonyl (C=O) groups is 1. The molecule has 4 rings (SSSR count). The first-order valence-electron chi connectivity index (χ1n) is 12.8. The minimum atomic E-state index is -0.234. The number of ether oxygens (including phenoxy) is 1. The summed E-state index contributed by atoms with van der Waals surface area (Å²) in [5, 5.41) is 17.4. The van der Waals surface area contributed by atoms with E-state index in [1.54, 1.807) is 11.0 Å². The number of nitrogens with zero attached hydrogens (tertiary/aromatic N) is 1. The third-order valence-electron chi connectivity index (χ3n) is 6.57. The normalized spacial score (nSPS) is 19.4. The first-order chi connectivity index (χ1) is 17.0. The Bertz CT molecular complexity index is 992. The number of likely N-dealkylation sites (tertiary alicyclic amines) is 1. The molecule has 2 heterocycles. The van der Waals surface area contributed by atoms with Crippen LogP contribution in [0.5, 0.6) is 5.75 Å². The highest BCUT2D eigenvalue weighted by atomic mass is 79.9. The van der Waals surface area contributed by atoms with Gasteiger partial charge in [0.2, 0.25) is 0 Å². The Balaban J connectivity index is 0.00000167. The molecule has 0 radical (unpaired) electrons. The number of phenolic OH excluding ortho intramolecular Hbond substituents is 1. The molecule has 2 aliphatic heterocycles. The predicted molar refractivity (Wildman–Crippen MR) is 145 cm³/mol. The molecule has 1 aromatic carbocycles. The number of phenols is 1. The van der Waals surface area contributed by atoms with Crippen LogP contribution in [-0.4, -0.2) is 54.9 Å². The number of aryl methyl sites for hydroxylation is 1. The number of hydrogen-bond acceptors (Lipinski definition) is 6. The number of aromatic hydroxyl groups is 1. The summed E-state index contributed by atoms with van der Waals surface area (Å²) in [5.41, 5.74) is 13.1. The van der Waals surface area contributed by atoms with Crippen LogP contribution in [0.15, 0.2) is 45.7 Å². The second-order valence-electron chi connectivity index (χ2n) is 8.61. The van der Waals surface area contributed by atoms with Gasteiger partial charge < -0.3 is 31.1 Å². The average molecular weight is 548 g/mol. The monoisotopic (exact) mass is 546 g/mol. The molecule has 1 aliphatic carbocycles. The number of nitrogens with two attached hydrogens (primary N) is 1. The highest BCUT2D eigenvalue weighted by molar-refractivity contribution is 9.12. The Kier molecular flexibility index (Phi) is 10.1. The van der Waals surface area contributed by atoms with Gasteiger partial charge >= 0.3 is 6.09 Å². The lowest BCUT2D eigenvalue weighted by Gasteiger charge is -2.34. The van der Waals surface area contributed by atoms with Crippen LogP contribution in [0.4, 0.5) is 4.79 Å². The van der Waals surface area contributed by atoms with Gasteiger partial charge in [0.25, 0.3) is 0 Å². The van der Waals surface area contributed by atoms with Gasteiger partial charge in [-0.3, -0.25) is 0 Å². The van der Waals surface area contributed by atoms with Gasteiger partial charge in [-0.1, -0.05) is 25.5 Å². The smallest absolute Gasteiger partial charge is 0.409 e. The van der Waals surface area contributed by atoms with Crippen molar-refractivity contribution in [3.8, 4) is 5.75 Å². The van der Waals surface area contributed by atoms with Crippen LogP contribution in [0.25, 0.3) is 5.57 Å². The summed E-state index contributed by atoms with van der Waals surface area (Å²) in [5.74, 6) is 0.294. The number of dihydropyridines is 1. The molecule has 1 amide bonds. The van der Waals surface area contributed by atoms with Gasteiger partial charge in [0, 0.05) is 25.8 Å². The second-order valence-corrected chi connectivity index (χ2v) is 9.46. The number of rotatable bonds is 5. The minimum Gasteiger partial charge on any atom is -0.508 e. The first-order valence-corrected chi connectivity index (χ1v) is 13.6. The molecule has 3 aliphatic rings. The zero-order valence-electron chi connectivity index (χ0n) is 21.1. The number of allylic oxidation sites excluding steroid dienone is 1. The van der Waals surface area contributed by atoms with Crippen LogP contribution in [-0.2, 0) is 11.2 Å². The van der Waals surface area contributed by atoms with Crippen LogP contribution in [0.3, 0.4) is 0 Å². The van der Waals surface area contributed by atoms with Gasteiger partial charge in [-0.2, -0.15) is 0 Å². The standard InChI is InChI=1S/C25H33BrN4O3.C2H6/c1-2-33-25(32)30-12-8-16(9-13-30)22-19-7-5-18(31)14-17(19)4-6-20-23(28-11-3-10-27)21(26)15-29-24(20)22;1-2/h5,7,14-15,24,28-29,31H,2-4,6,8-13,27H2,1H3;1-2H3. The molecule has 0 bridgehead atoms. The van der Waals surface area contributed by atoms with Crippen molar-refractivity contribution < 1.29 is 14.6 Å². The molecule has 7 nitrogen and oxygen atoms in total. The fourth-order valence-electron chi connectivity index (χ4n) is 4.98. The van der Waals surface area contributed by atoms with Crippen LogP contribution < -0.4 is 16.4 Å². The van der Waals surface area contributed by atoms with E-state index in [4.69, 9.17) is 10.5 Å². The SMILES string of the molecule is CC.CCOC(=O)N1CCC(=C2c3ccc(O)cc3CCC3=C(NCCCN)C(Br)=CNC32)CC1. The minimum absolute atomic E-state index is 0.0432. The maximum absolute atomic E-state index is 12.2. The number of benzene rings is 1. The molecule has 1 saturated heterocycles. The van der Waals surface area contributed by atoms with Gasteiger partial charge in [-0.05, 0) is 95.9 Å². The fraction of sp³-hybridized carbons (Fsp3) is 0.519. The highest BCUT2D eigenvalue weighted by Gasteiger charge is 2.34. The van der Waals surface area contributed by atoms with Crippen molar-refractivity contribution in [2.24, 2.45) is 5.73 Å². The predicted octanol–water partition coefficient (Wildman–Crippen LogP) is 4.77. The van der Waals surface area contributed by atoms with Crippen molar-refractivity contribution in [1.29, 1.82) is 0 Å². The van der Waals surface area contributed by atoms with Crippen molar-refractivity contribution in [3.05, 3.63) is 56.9 Å². The number of nitrogens with one attached hydrogen (secondary N) is 2. The van der Waals surface area contributed by atoms with E-state index in [0.717, 1.165) is 54.4 Å². The number of amides is 1. The van der Waals surface area contributed by atoms with Crippen molar-refractivity contribution in [1.82, 2.24) is 15.5 Å². The third-order valence-corrected chi connectivity index (χ3v) is 7.20.